The lowest BCUT2D eigenvalue weighted by Gasteiger charge is -2.24. The van der Waals surface area contributed by atoms with E-state index in [1.165, 1.54) is 58.2 Å². The molecule has 0 aromatic carbocycles. The van der Waals surface area contributed by atoms with E-state index < -0.39 is 29.4 Å². The molecular formula is C27H32Cl2N8O7. The quantitative estimate of drug-likeness (QED) is 0.221. The van der Waals surface area contributed by atoms with Gasteiger partial charge in [-0.25, -0.2) is 24.4 Å². The third-order valence-corrected chi connectivity index (χ3v) is 5.86. The van der Waals surface area contributed by atoms with Gasteiger partial charge < -0.3 is 14.6 Å². The zero-order valence-electron chi connectivity index (χ0n) is 25.5. The maximum absolute atomic E-state index is 12.2. The standard InChI is InChI=1S/C14H17ClN4O3.C13H15ClN4O4/c1-8(20)9-7-16-19-11(6-10(15)17-12(9)19)18(5)13(21)22-14(2,3)4;1-13(2,3)22-12(21)17(4)9-5-8(14)16-10-7(11(19)20)6-15-18(9)10/h6-7H,1-5H3;5-6H,1-4H3,(H,19,20). The van der Waals surface area contributed by atoms with Crippen molar-refractivity contribution in [3.8, 4) is 0 Å². The molecule has 0 radical (unpaired) electrons. The highest BCUT2D eigenvalue weighted by molar-refractivity contribution is 6.30. The summed E-state index contributed by atoms with van der Waals surface area (Å²) in [7, 11) is 3.01. The minimum atomic E-state index is -1.18. The van der Waals surface area contributed by atoms with E-state index in [4.69, 9.17) is 37.8 Å². The normalized spacial score (nSPS) is 11.5. The number of fused-ring (bicyclic) bond motifs is 2. The number of aromatic nitrogens is 6. The summed E-state index contributed by atoms with van der Waals surface area (Å²) >= 11 is 11.9. The van der Waals surface area contributed by atoms with E-state index in [2.05, 4.69) is 20.2 Å². The van der Waals surface area contributed by atoms with Crippen molar-refractivity contribution in [1.82, 2.24) is 29.2 Å². The first-order valence-electron chi connectivity index (χ1n) is 13.0. The number of carboxylic acids is 1. The van der Waals surface area contributed by atoms with Crippen LogP contribution in [0.1, 0.15) is 69.2 Å². The van der Waals surface area contributed by atoms with Crippen molar-refractivity contribution < 1.29 is 33.8 Å². The van der Waals surface area contributed by atoms with E-state index in [1.807, 2.05) is 0 Å². The number of hydrogen-bond donors (Lipinski definition) is 1. The largest absolute Gasteiger partial charge is 0.477 e. The van der Waals surface area contributed by atoms with Crippen LogP contribution < -0.4 is 9.80 Å². The second kappa shape index (κ2) is 12.6. The van der Waals surface area contributed by atoms with Gasteiger partial charge in [-0.2, -0.15) is 19.2 Å². The van der Waals surface area contributed by atoms with Gasteiger partial charge in [0.1, 0.15) is 38.7 Å². The summed E-state index contributed by atoms with van der Waals surface area (Å²) in [6, 6.07) is 2.88. The Morgan fingerprint density at radius 3 is 1.45 bits per heavy atom. The molecule has 0 saturated heterocycles. The number of ether oxygens (including phenoxy) is 2. The zero-order chi connectivity index (χ0) is 33.3. The predicted molar refractivity (Wildman–Crippen MR) is 162 cm³/mol. The number of amides is 2. The molecule has 0 bridgehead atoms. The van der Waals surface area contributed by atoms with E-state index in [0.717, 1.165) is 6.20 Å². The summed E-state index contributed by atoms with van der Waals surface area (Å²) in [5.74, 6) is -0.764. The Labute approximate surface area is 262 Å². The molecule has 1 N–H and O–H groups in total. The molecule has 4 rings (SSSR count). The number of nitrogens with zero attached hydrogens (tertiary/aromatic N) is 8. The molecule has 0 fully saturated rings. The third kappa shape index (κ3) is 7.90. The van der Waals surface area contributed by atoms with Crippen LogP contribution in [0.15, 0.2) is 24.5 Å². The van der Waals surface area contributed by atoms with Crippen LogP contribution in [0.2, 0.25) is 10.3 Å². The van der Waals surface area contributed by atoms with Gasteiger partial charge in [0.15, 0.2) is 17.1 Å². The monoisotopic (exact) mass is 650 g/mol. The molecular weight excluding hydrogens is 619 g/mol. The highest BCUT2D eigenvalue weighted by Crippen LogP contribution is 2.24. The topological polar surface area (TPSA) is 174 Å². The second-order valence-corrected chi connectivity index (χ2v) is 12.2. The van der Waals surface area contributed by atoms with E-state index in [1.54, 1.807) is 41.5 Å². The second-order valence-electron chi connectivity index (χ2n) is 11.4. The Bertz CT molecular complexity index is 1630. The SMILES string of the molecule is CC(=O)c1cnn2c(N(C)C(=O)OC(C)(C)C)cc(Cl)nc12.CN(C(=O)OC(C)(C)C)c1cc(Cl)nc2c(C(=O)O)cnn12. The molecule has 0 aliphatic heterocycles. The number of ketones is 1. The first kappa shape index (κ1) is 34.0. The minimum absolute atomic E-state index is 0.0425. The highest BCUT2D eigenvalue weighted by Gasteiger charge is 2.26. The number of halogens is 2. The van der Waals surface area contributed by atoms with E-state index in [0.29, 0.717) is 17.0 Å². The van der Waals surface area contributed by atoms with Gasteiger partial charge in [0, 0.05) is 26.2 Å². The lowest BCUT2D eigenvalue weighted by molar-refractivity contribution is 0.0577. The molecule has 0 atom stereocenters. The summed E-state index contributed by atoms with van der Waals surface area (Å²) in [5, 5.41) is 17.4. The lowest BCUT2D eigenvalue weighted by Crippen LogP contribution is -2.35. The molecule has 4 aromatic rings. The minimum Gasteiger partial charge on any atom is -0.477 e. The Kier molecular flexibility index (Phi) is 9.75. The van der Waals surface area contributed by atoms with Gasteiger partial charge in [-0.3, -0.25) is 14.6 Å². The van der Waals surface area contributed by atoms with Gasteiger partial charge in [0.25, 0.3) is 0 Å². The zero-order valence-corrected chi connectivity index (χ0v) is 27.1. The van der Waals surface area contributed by atoms with Crippen LogP contribution in [0, 0.1) is 0 Å². The maximum atomic E-state index is 12.2. The number of aromatic carboxylic acids is 1. The molecule has 0 unspecified atom stereocenters. The van der Waals surface area contributed by atoms with Crippen LogP contribution in [0.25, 0.3) is 11.3 Å². The molecule has 0 saturated carbocycles. The van der Waals surface area contributed by atoms with Gasteiger partial charge in [0.05, 0.1) is 18.0 Å². The van der Waals surface area contributed by atoms with Crippen LogP contribution in [-0.4, -0.2) is 83.5 Å². The van der Waals surface area contributed by atoms with Gasteiger partial charge >= 0.3 is 18.2 Å². The average Bonchev–Trinajstić information content (AvgIpc) is 3.49. The first-order valence-corrected chi connectivity index (χ1v) is 13.7. The molecule has 15 nitrogen and oxygen atoms in total. The van der Waals surface area contributed by atoms with Crippen molar-refractivity contribution >= 4 is 70.1 Å². The Morgan fingerprint density at radius 1 is 0.750 bits per heavy atom. The number of anilines is 2. The molecule has 236 valence electrons. The number of carboxylic acid groups (broad SMARTS) is 1. The Morgan fingerprint density at radius 2 is 1.11 bits per heavy atom. The third-order valence-electron chi connectivity index (χ3n) is 5.48. The molecule has 17 heteroatoms. The van der Waals surface area contributed by atoms with Crippen LogP contribution in [-0.2, 0) is 9.47 Å². The number of carbonyl (C=O) groups excluding carboxylic acids is 3. The fraction of sp³-hybridized carbons (Fsp3) is 0.407. The van der Waals surface area contributed by atoms with Crippen molar-refractivity contribution in [1.29, 1.82) is 0 Å². The van der Waals surface area contributed by atoms with Crippen molar-refractivity contribution in [2.24, 2.45) is 0 Å². The maximum Gasteiger partial charge on any atom is 0.415 e. The van der Waals surface area contributed by atoms with Crippen LogP contribution in [0.4, 0.5) is 21.2 Å². The van der Waals surface area contributed by atoms with Crippen molar-refractivity contribution in [2.75, 3.05) is 23.9 Å². The first-order chi connectivity index (χ1) is 20.2. The number of Topliss-reactive ketones (excluding diaryl/α,β-unsaturated/α-hetero) is 1. The summed E-state index contributed by atoms with van der Waals surface area (Å²) < 4.78 is 13.2. The summed E-state index contributed by atoms with van der Waals surface area (Å²) in [5.41, 5.74) is -0.730. The van der Waals surface area contributed by atoms with Crippen molar-refractivity contribution in [3.05, 3.63) is 46.0 Å². The number of carbonyl (C=O) groups is 4. The van der Waals surface area contributed by atoms with Gasteiger partial charge in [-0.05, 0) is 48.5 Å². The molecule has 0 spiro atoms. The fourth-order valence-electron chi connectivity index (χ4n) is 3.56. The summed E-state index contributed by atoms with van der Waals surface area (Å²) in [4.78, 5) is 57.6. The molecule has 2 amide bonds. The molecule has 0 aliphatic rings. The Hall–Kier alpha value is -4.50. The smallest absolute Gasteiger partial charge is 0.415 e. The predicted octanol–water partition coefficient (Wildman–Crippen LogP) is 5.41. The van der Waals surface area contributed by atoms with Crippen LogP contribution in [0.3, 0.4) is 0 Å². The molecule has 4 aromatic heterocycles. The van der Waals surface area contributed by atoms with E-state index in [-0.39, 0.29) is 33.1 Å². The summed E-state index contributed by atoms with van der Waals surface area (Å²) in [6.45, 7) is 12.0. The average molecular weight is 652 g/mol. The lowest BCUT2D eigenvalue weighted by atomic mass is 10.2. The highest BCUT2D eigenvalue weighted by atomic mass is 35.5. The van der Waals surface area contributed by atoms with Gasteiger partial charge in [-0.15, -0.1) is 0 Å². The fourth-order valence-corrected chi connectivity index (χ4v) is 3.92. The van der Waals surface area contributed by atoms with Gasteiger partial charge in [-0.1, -0.05) is 23.2 Å². The molecule has 4 heterocycles. The van der Waals surface area contributed by atoms with E-state index >= 15 is 0 Å². The van der Waals surface area contributed by atoms with Crippen molar-refractivity contribution in [3.63, 3.8) is 0 Å². The van der Waals surface area contributed by atoms with Gasteiger partial charge in [0.2, 0.25) is 0 Å². The summed E-state index contributed by atoms with van der Waals surface area (Å²) in [6.07, 6.45) is 1.36. The molecule has 0 aliphatic carbocycles. The number of rotatable bonds is 4. The molecule has 44 heavy (non-hydrogen) atoms. The van der Waals surface area contributed by atoms with Crippen molar-refractivity contribution in [2.45, 2.75) is 59.7 Å². The van der Waals surface area contributed by atoms with Crippen LogP contribution in [0.5, 0.6) is 0 Å². The van der Waals surface area contributed by atoms with Crippen LogP contribution >= 0.6 is 23.2 Å². The van der Waals surface area contributed by atoms with E-state index in [9.17, 15) is 19.2 Å². The number of hydrogen-bond acceptors (Lipinski definition) is 10. The Balaban J connectivity index is 0.000000240.